The van der Waals surface area contributed by atoms with E-state index >= 15 is 0 Å². The van der Waals surface area contributed by atoms with E-state index < -0.39 is 9.84 Å². The van der Waals surface area contributed by atoms with E-state index in [1.165, 1.54) is 22.9 Å². The average molecular weight is 303 g/mol. The Labute approximate surface area is 126 Å². The Bertz CT molecular complexity index is 734. The first-order valence-electron chi connectivity index (χ1n) is 6.87. The van der Waals surface area contributed by atoms with Gasteiger partial charge in [-0.05, 0) is 49.7 Å². The van der Waals surface area contributed by atoms with E-state index in [2.05, 4.69) is 37.4 Å². The van der Waals surface area contributed by atoms with Gasteiger partial charge in [-0.25, -0.2) is 8.42 Å². The summed E-state index contributed by atoms with van der Waals surface area (Å²) in [4.78, 5) is 0.349. The molecule has 1 atom stereocenters. The zero-order valence-corrected chi connectivity index (χ0v) is 13.7. The number of hydrogen-bond donors (Lipinski definition) is 1. The molecule has 2 aromatic carbocycles. The molecule has 0 saturated heterocycles. The fraction of sp³-hybridized carbons (Fsp3) is 0.294. The predicted molar refractivity (Wildman–Crippen MR) is 86.4 cm³/mol. The standard InChI is InChI=1S/C17H21NO2S/c1-12-5-6-13(2)16(11-12)17(18-3)14-7-9-15(10-8-14)21(4,19)20/h5-11,17-18H,1-4H3. The van der Waals surface area contributed by atoms with Gasteiger partial charge in [-0.3, -0.25) is 0 Å². The van der Waals surface area contributed by atoms with E-state index in [4.69, 9.17) is 0 Å². The highest BCUT2D eigenvalue weighted by atomic mass is 32.2. The Balaban J connectivity index is 2.44. The second kappa shape index (κ2) is 6.00. The minimum absolute atomic E-state index is 0.0542. The summed E-state index contributed by atoms with van der Waals surface area (Å²) in [6.45, 7) is 4.16. The quantitative estimate of drug-likeness (QED) is 0.944. The van der Waals surface area contributed by atoms with Crippen LogP contribution in [0.2, 0.25) is 0 Å². The van der Waals surface area contributed by atoms with Crippen LogP contribution in [0.15, 0.2) is 47.4 Å². The Morgan fingerprint density at radius 2 is 1.62 bits per heavy atom. The topological polar surface area (TPSA) is 46.2 Å². The highest BCUT2D eigenvalue weighted by Crippen LogP contribution is 2.26. The lowest BCUT2D eigenvalue weighted by Crippen LogP contribution is -2.19. The average Bonchev–Trinajstić information content (AvgIpc) is 2.43. The van der Waals surface area contributed by atoms with E-state index in [1.54, 1.807) is 12.1 Å². The molecular weight excluding hydrogens is 282 g/mol. The Kier molecular flexibility index (Phi) is 4.49. The third-order valence-electron chi connectivity index (χ3n) is 3.68. The minimum Gasteiger partial charge on any atom is -0.309 e. The predicted octanol–water partition coefficient (Wildman–Crippen LogP) is 3.02. The molecule has 0 spiro atoms. The largest absolute Gasteiger partial charge is 0.309 e. The van der Waals surface area contributed by atoms with E-state index in [9.17, 15) is 8.42 Å². The van der Waals surface area contributed by atoms with E-state index in [0.717, 1.165) is 5.56 Å². The maximum absolute atomic E-state index is 11.5. The van der Waals surface area contributed by atoms with Gasteiger partial charge in [-0.1, -0.05) is 35.9 Å². The van der Waals surface area contributed by atoms with Crippen molar-refractivity contribution in [2.45, 2.75) is 24.8 Å². The van der Waals surface area contributed by atoms with Crippen LogP contribution in [0.3, 0.4) is 0 Å². The molecule has 0 aliphatic heterocycles. The minimum atomic E-state index is -3.15. The van der Waals surface area contributed by atoms with Crippen LogP contribution >= 0.6 is 0 Å². The molecule has 3 nitrogen and oxygen atoms in total. The van der Waals surface area contributed by atoms with Gasteiger partial charge in [0.15, 0.2) is 9.84 Å². The molecule has 0 fully saturated rings. The summed E-state index contributed by atoms with van der Waals surface area (Å²) in [7, 11) is -1.24. The summed E-state index contributed by atoms with van der Waals surface area (Å²) in [6.07, 6.45) is 1.22. The van der Waals surface area contributed by atoms with Crippen molar-refractivity contribution in [2.24, 2.45) is 0 Å². The molecule has 0 radical (unpaired) electrons. The Hall–Kier alpha value is -1.65. The first kappa shape index (κ1) is 15.7. The summed E-state index contributed by atoms with van der Waals surface area (Å²) in [5.74, 6) is 0. The smallest absolute Gasteiger partial charge is 0.175 e. The van der Waals surface area contributed by atoms with Crippen molar-refractivity contribution < 1.29 is 8.42 Å². The number of rotatable bonds is 4. The van der Waals surface area contributed by atoms with Crippen molar-refractivity contribution in [3.8, 4) is 0 Å². The fourth-order valence-corrected chi connectivity index (χ4v) is 3.11. The van der Waals surface area contributed by atoms with Gasteiger partial charge < -0.3 is 5.32 Å². The van der Waals surface area contributed by atoms with Gasteiger partial charge in [0.1, 0.15) is 0 Å². The first-order chi connectivity index (χ1) is 9.82. The van der Waals surface area contributed by atoms with Crippen LogP contribution < -0.4 is 5.32 Å². The molecule has 0 aromatic heterocycles. The first-order valence-corrected chi connectivity index (χ1v) is 8.76. The zero-order valence-electron chi connectivity index (χ0n) is 12.8. The normalized spacial score (nSPS) is 13.1. The highest BCUT2D eigenvalue weighted by molar-refractivity contribution is 7.90. The third-order valence-corrected chi connectivity index (χ3v) is 4.80. The lowest BCUT2D eigenvalue weighted by atomic mass is 9.94. The number of sulfone groups is 1. The van der Waals surface area contributed by atoms with Crippen LogP contribution in [0.4, 0.5) is 0 Å². The molecule has 112 valence electrons. The van der Waals surface area contributed by atoms with Crippen LogP contribution in [0, 0.1) is 13.8 Å². The Morgan fingerprint density at radius 1 is 1.00 bits per heavy atom. The lowest BCUT2D eigenvalue weighted by molar-refractivity contribution is 0.601. The van der Waals surface area contributed by atoms with E-state index in [-0.39, 0.29) is 6.04 Å². The van der Waals surface area contributed by atoms with Crippen molar-refractivity contribution >= 4 is 9.84 Å². The van der Waals surface area contributed by atoms with Gasteiger partial charge in [0.05, 0.1) is 10.9 Å². The molecule has 0 aliphatic rings. The zero-order chi connectivity index (χ0) is 15.6. The maximum Gasteiger partial charge on any atom is 0.175 e. The summed E-state index contributed by atoms with van der Waals surface area (Å²) in [5, 5.41) is 3.31. The second-order valence-corrected chi connectivity index (χ2v) is 7.44. The van der Waals surface area contributed by atoms with Crippen LogP contribution in [0.1, 0.15) is 28.3 Å². The van der Waals surface area contributed by atoms with Gasteiger partial charge in [0.25, 0.3) is 0 Å². The molecular formula is C17H21NO2S. The SMILES string of the molecule is CNC(c1ccc(S(C)(=O)=O)cc1)c1cc(C)ccc1C. The highest BCUT2D eigenvalue weighted by Gasteiger charge is 2.15. The molecule has 21 heavy (non-hydrogen) atoms. The van der Waals surface area contributed by atoms with E-state index in [0.29, 0.717) is 4.90 Å². The van der Waals surface area contributed by atoms with Gasteiger partial charge >= 0.3 is 0 Å². The van der Waals surface area contributed by atoms with Crippen molar-refractivity contribution in [3.05, 3.63) is 64.7 Å². The molecule has 0 aliphatic carbocycles. The van der Waals surface area contributed by atoms with Gasteiger partial charge in [-0.15, -0.1) is 0 Å². The molecule has 0 saturated carbocycles. The summed E-state index contributed by atoms with van der Waals surface area (Å²) in [6, 6.07) is 13.5. The van der Waals surface area contributed by atoms with Crippen LogP contribution in [-0.4, -0.2) is 21.7 Å². The van der Waals surface area contributed by atoms with E-state index in [1.807, 2.05) is 19.2 Å². The summed E-state index contributed by atoms with van der Waals surface area (Å²) >= 11 is 0. The number of aryl methyl sites for hydroxylation is 2. The van der Waals surface area contributed by atoms with Crippen molar-refractivity contribution in [3.63, 3.8) is 0 Å². The monoisotopic (exact) mass is 303 g/mol. The molecule has 0 heterocycles. The molecule has 4 heteroatoms. The van der Waals surface area contributed by atoms with Crippen LogP contribution in [0.5, 0.6) is 0 Å². The number of hydrogen-bond acceptors (Lipinski definition) is 3. The fourth-order valence-electron chi connectivity index (χ4n) is 2.48. The lowest BCUT2D eigenvalue weighted by Gasteiger charge is -2.20. The summed E-state index contributed by atoms with van der Waals surface area (Å²) in [5.41, 5.74) is 4.69. The van der Waals surface area contributed by atoms with Crippen LogP contribution in [-0.2, 0) is 9.84 Å². The van der Waals surface area contributed by atoms with Gasteiger partial charge in [0, 0.05) is 6.26 Å². The van der Waals surface area contributed by atoms with Crippen LogP contribution in [0.25, 0.3) is 0 Å². The van der Waals surface area contributed by atoms with Gasteiger partial charge in [-0.2, -0.15) is 0 Å². The van der Waals surface area contributed by atoms with Crippen molar-refractivity contribution in [2.75, 3.05) is 13.3 Å². The number of benzene rings is 2. The molecule has 1 unspecified atom stereocenters. The molecule has 2 aromatic rings. The van der Waals surface area contributed by atoms with Gasteiger partial charge in [0.2, 0.25) is 0 Å². The molecule has 1 N–H and O–H groups in total. The number of nitrogens with one attached hydrogen (secondary N) is 1. The van der Waals surface area contributed by atoms with Crippen molar-refractivity contribution in [1.29, 1.82) is 0 Å². The molecule has 2 rings (SSSR count). The second-order valence-electron chi connectivity index (χ2n) is 5.42. The molecule has 0 amide bonds. The Morgan fingerprint density at radius 3 is 2.14 bits per heavy atom. The van der Waals surface area contributed by atoms with Crippen molar-refractivity contribution in [1.82, 2.24) is 5.32 Å². The molecule has 0 bridgehead atoms. The third kappa shape index (κ3) is 3.52. The maximum atomic E-state index is 11.5. The summed E-state index contributed by atoms with van der Waals surface area (Å²) < 4.78 is 23.1.